The summed E-state index contributed by atoms with van der Waals surface area (Å²) in [5, 5.41) is 10.9. The number of carbonyl (C=O) groups is 1. The number of esters is 1. The first-order chi connectivity index (χ1) is 10.1. The molecule has 0 saturated heterocycles. The van der Waals surface area contributed by atoms with E-state index in [-0.39, 0.29) is 6.61 Å². The van der Waals surface area contributed by atoms with E-state index in [4.69, 9.17) is 4.74 Å². The van der Waals surface area contributed by atoms with Gasteiger partial charge >= 0.3 is 5.97 Å². The van der Waals surface area contributed by atoms with Crippen molar-refractivity contribution < 1.29 is 19.0 Å². The number of aliphatic hydroxyl groups is 1. The normalized spacial score (nSPS) is 12.7. The van der Waals surface area contributed by atoms with Crippen molar-refractivity contribution >= 4 is 5.97 Å². The van der Waals surface area contributed by atoms with Gasteiger partial charge in [-0.25, -0.2) is 9.18 Å². The Morgan fingerprint density at radius 1 is 1.10 bits per heavy atom. The molecular formula is C17H17FO3. The fourth-order valence-corrected chi connectivity index (χ4v) is 2.23. The van der Waals surface area contributed by atoms with E-state index in [2.05, 4.69) is 0 Å². The highest BCUT2D eigenvalue weighted by molar-refractivity contribution is 5.77. The SMILES string of the molecule is CCOC(=O)C(F)C(O)(c1ccccc1)c1ccccc1. The van der Waals surface area contributed by atoms with Crippen molar-refractivity contribution in [2.75, 3.05) is 6.61 Å². The minimum absolute atomic E-state index is 0.0545. The lowest BCUT2D eigenvalue weighted by atomic mass is 9.82. The van der Waals surface area contributed by atoms with Gasteiger partial charge in [0.05, 0.1) is 6.61 Å². The number of carbonyl (C=O) groups excluding carboxylic acids is 1. The molecule has 0 saturated carbocycles. The molecule has 4 heteroatoms. The van der Waals surface area contributed by atoms with E-state index < -0.39 is 17.7 Å². The van der Waals surface area contributed by atoms with E-state index in [9.17, 15) is 14.3 Å². The second kappa shape index (κ2) is 6.50. The molecule has 2 aromatic carbocycles. The van der Waals surface area contributed by atoms with Crippen molar-refractivity contribution in [2.24, 2.45) is 0 Å². The van der Waals surface area contributed by atoms with Gasteiger partial charge in [-0.2, -0.15) is 0 Å². The lowest BCUT2D eigenvalue weighted by Crippen LogP contribution is -2.43. The predicted octanol–water partition coefficient (Wildman–Crippen LogP) is 2.82. The molecule has 0 spiro atoms. The standard InChI is InChI=1S/C17H17FO3/c1-2-21-16(19)15(18)17(20,13-9-5-3-6-10-13)14-11-7-4-8-12-14/h3-12,15,20H,2H2,1H3. The molecule has 1 atom stereocenters. The Hall–Kier alpha value is -2.20. The smallest absolute Gasteiger partial charge is 0.344 e. The zero-order valence-corrected chi connectivity index (χ0v) is 11.7. The first-order valence-corrected chi connectivity index (χ1v) is 6.74. The monoisotopic (exact) mass is 288 g/mol. The molecule has 0 heterocycles. The Morgan fingerprint density at radius 2 is 1.52 bits per heavy atom. The Balaban J connectivity index is 2.52. The van der Waals surface area contributed by atoms with Crippen molar-refractivity contribution in [3.05, 3.63) is 71.8 Å². The first-order valence-electron chi connectivity index (χ1n) is 6.74. The van der Waals surface area contributed by atoms with Crippen LogP contribution in [0.4, 0.5) is 4.39 Å². The highest BCUT2D eigenvalue weighted by atomic mass is 19.1. The third kappa shape index (κ3) is 2.95. The fraction of sp³-hybridized carbons (Fsp3) is 0.235. The van der Waals surface area contributed by atoms with Gasteiger partial charge in [0, 0.05) is 0 Å². The first kappa shape index (κ1) is 15.2. The van der Waals surface area contributed by atoms with Gasteiger partial charge in [-0.05, 0) is 18.1 Å². The second-order valence-electron chi connectivity index (χ2n) is 4.61. The third-order valence-electron chi connectivity index (χ3n) is 3.29. The Kier molecular flexibility index (Phi) is 4.70. The number of alkyl halides is 1. The molecule has 1 unspecified atom stereocenters. The molecule has 0 aliphatic heterocycles. The molecule has 1 N–H and O–H groups in total. The van der Waals surface area contributed by atoms with Crippen LogP contribution in [-0.4, -0.2) is 23.9 Å². The van der Waals surface area contributed by atoms with Crippen LogP contribution in [-0.2, 0) is 15.1 Å². The molecular weight excluding hydrogens is 271 g/mol. The number of benzene rings is 2. The van der Waals surface area contributed by atoms with Crippen molar-refractivity contribution in [3.63, 3.8) is 0 Å². The summed E-state index contributed by atoms with van der Waals surface area (Å²) in [4.78, 5) is 11.8. The number of hydrogen-bond donors (Lipinski definition) is 1. The number of hydrogen-bond acceptors (Lipinski definition) is 3. The van der Waals surface area contributed by atoms with Gasteiger partial charge in [0.25, 0.3) is 0 Å². The molecule has 110 valence electrons. The summed E-state index contributed by atoms with van der Waals surface area (Å²) in [6.45, 7) is 1.65. The zero-order chi connectivity index (χ0) is 15.3. The molecule has 21 heavy (non-hydrogen) atoms. The summed E-state index contributed by atoms with van der Waals surface area (Å²) >= 11 is 0. The van der Waals surface area contributed by atoms with E-state index in [0.29, 0.717) is 11.1 Å². The van der Waals surface area contributed by atoms with Crippen molar-refractivity contribution in [3.8, 4) is 0 Å². The van der Waals surface area contributed by atoms with Crippen LogP contribution in [0.25, 0.3) is 0 Å². The maximum Gasteiger partial charge on any atom is 0.344 e. The Labute approximate surface area is 123 Å². The Bertz CT molecular complexity index is 544. The average Bonchev–Trinajstić information content (AvgIpc) is 2.55. The van der Waals surface area contributed by atoms with Gasteiger partial charge in [0.2, 0.25) is 6.17 Å². The highest BCUT2D eigenvalue weighted by Crippen LogP contribution is 2.35. The van der Waals surface area contributed by atoms with Crippen LogP contribution in [0.1, 0.15) is 18.1 Å². The lowest BCUT2D eigenvalue weighted by Gasteiger charge is -2.31. The summed E-state index contributed by atoms with van der Waals surface area (Å²) in [6, 6.07) is 16.6. The van der Waals surface area contributed by atoms with Crippen molar-refractivity contribution in [1.29, 1.82) is 0 Å². The van der Waals surface area contributed by atoms with Crippen LogP contribution >= 0.6 is 0 Å². The van der Waals surface area contributed by atoms with Crippen LogP contribution in [0.2, 0.25) is 0 Å². The zero-order valence-electron chi connectivity index (χ0n) is 11.7. The van der Waals surface area contributed by atoms with Crippen molar-refractivity contribution in [1.82, 2.24) is 0 Å². The predicted molar refractivity (Wildman–Crippen MR) is 77.4 cm³/mol. The molecule has 0 radical (unpaired) electrons. The molecule has 2 aromatic rings. The molecule has 0 aliphatic carbocycles. The summed E-state index contributed by atoms with van der Waals surface area (Å²) < 4.78 is 19.4. The fourth-order valence-electron chi connectivity index (χ4n) is 2.23. The summed E-state index contributed by atoms with van der Waals surface area (Å²) in [7, 11) is 0. The number of rotatable bonds is 5. The van der Waals surface area contributed by atoms with Gasteiger partial charge in [0.15, 0.2) is 5.60 Å². The molecule has 0 amide bonds. The van der Waals surface area contributed by atoms with E-state index in [1.165, 1.54) is 0 Å². The van der Waals surface area contributed by atoms with Crippen LogP contribution in [0.5, 0.6) is 0 Å². The minimum Gasteiger partial charge on any atom is -0.464 e. The summed E-state index contributed by atoms with van der Waals surface area (Å²) in [5.41, 5.74) is -1.47. The van der Waals surface area contributed by atoms with E-state index in [0.717, 1.165) is 0 Å². The van der Waals surface area contributed by atoms with E-state index >= 15 is 0 Å². The largest absolute Gasteiger partial charge is 0.464 e. The summed E-state index contributed by atoms with van der Waals surface area (Å²) in [6.07, 6.45) is -2.21. The maximum atomic E-state index is 14.7. The minimum atomic E-state index is -2.21. The molecule has 0 bridgehead atoms. The number of ether oxygens (including phenoxy) is 1. The highest BCUT2D eigenvalue weighted by Gasteiger charge is 2.46. The van der Waals surface area contributed by atoms with Crippen LogP contribution < -0.4 is 0 Å². The lowest BCUT2D eigenvalue weighted by molar-refractivity contribution is -0.158. The van der Waals surface area contributed by atoms with Gasteiger partial charge in [-0.3, -0.25) is 0 Å². The van der Waals surface area contributed by atoms with Crippen LogP contribution in [0, 0.1) is 0 Å². The van der Waals surface area contributed by atoms with Crippen molar-refractivity contribution in [2.45, 2.75) is 18.7 Å². The molecule has 0 aliphatic rings. The van der Waals surface area contributed by atoms with E-state index in [1.807, 2.05) is 0 Å². The third-order valence-corrected chi connectivity index (χ3v) is 3.29. The quantitative estimate of drug-likeness (QED) is 0.861. The van der Waals surface area contributed by atoms with Gasteiger partial charge in [-0.1, -0.05) is 60.7 Å². The average molecular weight is 288 g/mol. The maximum absolute atomic E-state index is 14.7. The Morgan fingerprint density at radius 3 is 1.90 bits per heavy atom. The van der Waals surface area contributed by atoms with Crippen LogP contribution in [0.3, 0.4) is 0 Å². The van der Waals surface area contributed by atoms with Gasteiger partial charge in [0.1, 0.15) is 0 Å². The van der Waals surface area contributed by atoms with E-state index in [1.54, 1.807) is 67.6 Å². The molecule has 2 rings (SSSR count). The molecule has 3 nitrogen and oxygen atoms in total. The molecule has 0 aromatic heterocycles. The van der Waals surface area contributed by atoms with Gasteiger partial charge in [-0.15, -0.1) is 0 Å². The van der Waals surface area contributed by atoms with Gasteiger partial charge < -0.3 is 9.84 Å². The topological polar surface area (TPSA) is 46.5 Å². The molecule has 0 fully saturated rings. The summed E-state index contributed by atoms with van der Waals surface area (Å²) in [5.74, 6) is -1.08. The van der Waals surface area contributed by atoms with Crippen LogP contribution in [0.15, 0.2) is 60.7 Å². The number of halogens is 1. The second-order valence-corrected chi connectivity index (χ2v) is 4.61.